The van der Waals surface area contributed by atoms with E-state index in [0.29, 0.717) is 97.5 Å². The largest absolute Gasteiger partial charge is 0.466 e. The standard InChI is InChI=1S/C59H111N5O10/c1-4-7-10-13-16-25-32-43-73-57(66)35-28-21-17-23-30-40-64(41-31-24-18-22-29-36-58(67)74-54(33-26-19-14-11-8-5-2)34-27-20-15-12-9-6-3)42-38-61-56(65)37-44-69-46-48-71-50-51-72-49-47-70-45-39-62-59(68)55-52-60-53-63-55/h52-54H,4-51H2,1-3H3,(H,60,63)(H,61,65)(H,62,68). The van der Waals surface area contributed by atoms with E-state index in [1.54, 1.807) is 0 Å². The van der Waals surface area contributed by atoms with Gasteiger partial charge >= 0.3 is 11.9 Å². The molecule has 0 aromatic carbocycles. The summed E-state index contributed by atoms with van der Waals surface area (Å²) in [4.78, 5) is 58.7. The van der Waals surface area contributed by atoms with E-state index in [1.165, 1.54) is 109 Å². The number of aromatic amines is 1. The summed E-state index contributed by atoms with van der Waals surface area (Å²) in [5, 5.41) is 5.83. The summed E-state index contributed by atoms with van der Waals surface area (Å²) in [6.45, 7) is 14.3. The van der Waals surface area contributed by atoms with E-state index >= 15 is 0 Å². The Morgan fingerprint density at radius 1 is 0.473 bits per heavy atom. The van der Waals surface area contributed by atoms with Gasteiger partial charge < -0.3 is 48.9 Å². The average molecular weight is 1050 g/mol. The Hall–Kier alpha value is -3.11. The summed E-state index contributed by atoms with van der Waals surface area (Å²) in [6.07, 6.45) is 40.4. The van der Waals surface area contributed by atoms with Crippen LogP contribution in [0.1, 0.15) is 250 Å². The van der Waals surface area contributed by atoms with Crippen LogP contribution in [-0.2, 0) is 42.8 Å². The lowest BCUT2D eigenvalue weighted by atomic mass is 10.0. The monoisotopic (exact) mass is 1050 g/mol. The van der Waals surface area contributed by atoms with Gasteiger partial charge in [-0.1, -0.05) is 162 Å². The molecule has 0 saturated heterocycles. The molecule has 2 amide bonds. The number of aromatic nitrogens is 2. The molecule has 1 aromatic rings. The first-order valence-electron chi connectivity index (χ1n) is 30.3. The molecule has 0 unspecified atom stereocenters. The fourth-order valence-corrected chi connectivity index (χ4v) is 8.82. The number of carbonyl (C=O) groups is 4. The van der Waals surface area contributed by atoms with Crippen LogP contribution in [0, 0.1) is 0 Å². The van der Waals surface area contributed by atoms with Gasteiger partial charge in [0, 0.05) is 38.9 Å². The molecular formula is C59H111N5O10. The Kier molecular flexibility index (Phi) is 50.9. The van der Waals surface area contributed by atoms with Crippen molar-refractivity contribution < 1.29 is 47.6 Å². The average Bonchev–Trinajstić information content (AvgIpc) is 3.95. The fourth-order valence-electron chi connectivity index (χ4n) is 8.82. The number of hydrogen-bond donors (Lipinski definition) is 3. The van der Waals surface area contributed by atoms with Gasteiger partial charge in [0.1, 0.15) is 11.8 Å². The molecule has 0 atom stereocenters. The minimum atomic E-state index is -0.219. The molecule has 15 nitrogen and oxygen atoms in total. The van der Waals surface area contributed by atoms with Gasteiger partial charge in [0.2, 0.25) is 5.91 Å². The van der Waals surface area contributed by atoms with Gasteiger partial charge in [-0.3, -0.25) is 19.2 Å². The maximum absolute atomic E-state index is 12.9. The predicted octanol–water partition coefficient (Wildman–Crippen LogP) is 12.4. The quantitative estimate of drug-likeness (QED) is 0.0416. The summed E-state index contributed by atoms with van der Waals surface area (Å²) in [7, 11) is 0. The van der Waals surface area contributed by atoms with Crippen LogP contribution in [0.4, 0.5) is 0 Å². The van der Waals surface area contributed by atoms with E-state index in [1.807, 2.05) is 0 Å². The van der Waals surface area contributed by atoms with E-state index in [4.69, 9.17) is 28.4 Å². The van der Waals surface area contributed by atoms with Crippen LogP contribution in [0.25, 0.3) is 0 Å². The normalized spacial score (nSPS) is 11.5. The number of nitrogens with zero attached hydrogens (tertiary/aromatic N) is 2. The van der Waals surface area contributed by atoms with E-state index in [2.05, 4.69) is 46.3 Å². The Morgan fingerprint density at radius 2 is 0.932 bits per heavy atom. The SMILES string of the molecule is CCCCCCCCCOC(=O)CCCCCCCN(CCCCCCCC(=O)OC(CCCCCCCC)CCCCCCCC)CCNC(=O)CCOCCOCCOCCOCCNC(=O)c1cnc[nH]1. The molecular weight excluding hydrogens is 939 g/mol. The number of ether oxygens (including phenoxy) is 6. The number of H-pyrrole nitrogens is 1. The number of unbranched alkanes of at least 4 members (excludes halogenated alkanes) is 24. The van der Waals surface area contributed by atoms with Crippen LogP contribution >= 0.6 is 0 Å². The van der Waals surface area contributed by atoms with Crippen molar-refractivity contribution >= 4 is 23.8 Å². The molecule has 0 bridgehead atoms. The van der Waals surface area contributed by atoms with Crippen molar-refractivity contribution in [2.75, 3.05) is 92.2 Å². The summed E-state index contributed by atoms with van der Waals surface area (Å²) < 4.78 is 33.8. The lowest BCUT2D eigenvalue weighted by Gasteiger charge is -2.22. The van der Waals surface area contributed by atoms with Crippen molar-refractivity contribution in [3.8, 4) is 0 Å². The highest BCUT2D eigenvalue weighted by molar-refractivity contribution is 5.91. The van der Waals surface area contributed by atoms with Crippen molar-refractivity contribution in [1.82, 2.24) is 25.5 Å². The Balaban J connectivity index is 2.32. The van der Waals surface area contributed by atoms with Crippen LogP contribution in [-0.4, -0.2) is 137 Å². The second-order valence-electron chi connectivity index (χ2n) is 20.2. The number of imidazole rings is 1. The molecule has 432 valence electrons. The number of nitrogens with one attached hydrogen (secondary N) is 3. The molecule has 3 N–H and O–H groups in total. The minimum absolute atomic E-state index is 0.0134. The zero-order valence-corrected chi connectivity index (χ0v) is 47.7. The van der Waals surface area contributed by atoms with Crippen molar-refractivity contribution in [2.45, 2.75) is 245 Å². The molecule has 1 rings (SSSR count). The maximum Gasteiger partial charge on any atom is 0.306 e. The highest BCUT2D eigenvalue weighted by Crippen LogP contribution is 2.19. The molecule has 1 heterocycles. The summed E-state index contributed by atoms with van der Waals surface area (Å²) in [5.41, 5.74) is 0.414. The van der Waals surface area contributed by atoms with Gasteiger partial charge in [-0.05, 0) is 70.9 Å². The molecule has 0 saturated carbocycles. The van der Waals surface area contributed by atoms with Crippen LogP contribution in [0.15, 0.2) is 12.5 Å². The fraction of sp³-hybridized carbons (Fsp3) is 0.881. The number of rotatable bonds is 58. The van der Waals surface area contributed by atoms with E-state index in [9.17, 15) is 19.2 Å². The van der Waals surface area contributed by atoms with E-state index < -0.39 is 0 Å². The van der Waals surface area contributed by atoms with Gasteiger partial charge in [-0.2, -0.15) is 0 Å². The molecule has 0 fully saturated rings. The second kappa shape index (κ2) is 54.7. The Labute approximate surface area is 450 Å². The lowest BCUT2D eigenvalue weighted by Crippen LogP contribution is -2.36. The highest BCUT2D eigenvalue weighted by atomic mass is 16.6. The number of amides is 2. The Bertz CT molecular complexity index is 1370. The first kappa shape index (κ1) is 68.9. The third-order valence-corrected chi connectivity index (χ3v) is 13.4. The van der Waals surface area contributed by atoms with Gasteiger partial charge in [-0.15, -0.1) is 0 Å². The first-order chi connectivity index (χ1) is 36.4. The van der Waals surface area contributed by atoms with Gasteiger partial charge in [0.25, 0.3) is 5.91 Å². The lowest BCUT2D eigenvalue weighted by molar-refractivity contribution is -0.150. The second-order valence-corrected chi connectivity index (χ2v) is 20.2. The predicted molar refractivity (Wildman–Crippen MR) is 298 cm³/mol. The van der Waals surface area contributed by atoms with Crippen LogP contribution < -0.4 is 10.6 Å². The summed E-state index contributed by atoms with van der Waals surface area (Å²) in [5.74, 6) is -0.308. The van der Waals surface area contributed by atoms with Crippen LogP contribution in [0.2, 0.25) is 0 Å². The first-order valence-corrected chi connectivity index (χ1v) is 30.3. The number of carbonyl (C=O) groups excluding carboxylic acids is 4. The van der Waals surface area contributed by atoms with Crippen molar-refractivity contribution in [2.24, 2.45) is 0 Å². The number of hydrogen-bond acceptors (Lipinski definition) is 12. The zero-order chi connectivity index (χ0) is 53.5. The molecule has 0 aliphatic carbocycles. The van der Waals surface area contributed by atoms with E-state index in [-0.39, 0.29) is 29.9 Å². The van der Waals surface area contributed by atoms with Crippen LogP contribution in [0.3, 0.4) is 0 Å². The van der Waals surface area contributed by atoms with Crippen molar-refractivity contribution in [3.05, 3.63) is 18.2 Å². The maximum atomic E-state index is 12.9. The van der Waals surface area contributed by atoms with Crippen molar-refractivity contribution in [1.29, 1.82) is 0 Å². The molecule has 0 aliphatic heterocycles. The van der Waals surface area contributed by atoms with Gasteiger partial charge in [-0.25, -0.2) is 4.98 Å². The third-order valence-electron chi connectivity index (χ3n) is 13.4. The number of esters is 2. The van der Waals surface area contributed by atoms with Gasteiger partial charge in [0.15, 0.2) is 0 Å². The molecule has 0 radical (unpaired) electrons. The van der Waals surface area contributed by atoms with Crippen LogP contribution in [0.5, 0.6) is 0 Å². The topological polar surface area (TPSA) is 180 Å². The summed E-state index contributed by atoms with van der Waals surface area (Å²) in [6, 6.07) is 0. The highest BCUT2D eigenvalue weighted by Gasteiger charge is 2.15. The third kappa shape index (κ3) is 47.3. The zero-order valence-electron chi connectivity index (χ0n) is 47.7. The molecule has 1 aromatic heterocycles. The van der Waals surface area contributed by atoms with Crippen molar-refractivity contribution in [3.63, 3.8) is 0 Å². The smallest absolute Gasteiger partial charge is 0.306 e. The minimum Gasteiger partial charge on any atom is -0.466 e. The molecule has 0 aliphatic rings. The summed E-state index contributed by atoms with van der Waals surface area (Å²) >= 11 is 0. The Morgan fingerprint density at radius 3 is 1.46 bits per heavy atom. The molecule has 0 spiro atoms. The van der Waals surface area contributed by atoms with Gasteiger partial charge in [0.05, 0.1) is 72.0 Å². The molecule has 15 heteroatoms. The van der Waals surface area contributed by atoms with E-state index in [0.717, 1.165) is 122 Å². The molecule has 74 heavy (non-hydrogen) atoms.